The van der Waals surface area contributed by atoms with E-state index in [1.807, 2.05) is 6.07 Å². The maximum Gasteiger partial charge on any atom is 0.120 e. The molecular weight excluding hydrogens is 210 g/mol. The molecule has 0 amide bonds. The lowest BCUT2D eigenvalue weighted by Crippen LogP contribution is -2.26. The second-order valence-corrected chi connectivity index (χ2v) is 4.06. The van der Waals surface area contributed by atoms with E-state index in [1.54, 1.807) is 6.07 Å². The molecule has 2 rings (SSSR count). The van der Waals surface area contributed by atoms with Gasteiger partial charge in [-0.3, -0.25) is 0 Å². The highest BCUT2D eigenvalue weighted by Crippen LogP contribution is 2.30. The minimum Gasteiger partial charge on any atom is -0.508 e. The van der Waals surface area contributed by atoms with Crippen molar-refractivity contribution in [3.05, 3.63) is 29.3 Å². The number of piperidine rings is 1. The summed E-state index contributed by atoms with van der Waals surface area (Å²) in [5, 5.41) is 13.2. The van der Waals surface area contributed by atoms with Crippen LogP contribution in [-0.2, 0) is 0 Å². The molecule has 1 aromatic rings. The molecular formula is C12H18ClNO. The Balaban J connectivity index is 0.00000112. The first-order valence-corrected chi connectivity index (χ1v) is 5.30. The molecule has 0 radical (unpaired) electrons. The molecule has 0 aliphatic carbocycles. The van der Waals surface area contributed by atoms with Crippen LogP contribution >= 0.6 is 12.4 Å². The minimum absolute atomic E-state index is 0. The first-order valence-electron chi connectivity index (χ1n) is 5.30. The highest BCUT2D eigenvalue weighted by molar-refractivity contribution is 5.85. The summed E-state index contributed by atoms with van der Waals surface area (Å²) in [5.41, 5.74) is 2.27. The van der Waals surface area contributed by atoms with Crippen LogP contribution < -0.4 is 5.32 Å². The number of aryl methyl sites for hydroxylation is 1. The van der Waals surface area contributed by atoms with Crippen molar-refractivity contribution < 1.29 is 5.11 Å². The van der Waals surface area contributed by atoms with Crippen LogP contribution in [0.25, 0.3) is 0 Å². The van der Waals surface area contributed by atoms with Gasteiger partial charge in [-0.25, -0.2) is 0 Å². The van der Waals surface area contributed by atoms with Crippen LogP contribution in [0.4, 0.5) is 0 Å². The number of aromatic hydroxyl groups is 1. The average Bonchev–Trinajstić information content (AvgIpc) is 2.23. The van der Waals surface area contributed by atoms with Gasteiger partial charge in [-0.05, 0) is 32.4 Å². The normalized spacial score (nSPS) is 20.7. The largest absolute Gasteiger partial charge is 0.508 e. The average molecular weight is 228 g/mol. The van der Waals surface area contributed by atoms with Crippen LogP contribution in [-0.4, -0.2) is 11.7 Å². The first kappa shape index (κ1) is 12.3. The smallest absolute Gasteiger partial charge is 0.120 e. The van der Waals surface area contributed by atoms with Crippen molar-refractivity contribution >= 4 is 12.4 Å². The highest BCUT2D eigenvalue weighted by atomic mass is 35.5. The molecule has 0 spiro atoms. The number of phenols is 1. The van der Waals surface area contributed by atoms with Gasteiger partial charge in [0, 0.05) is 11.6 Å². The van der Waals surface area contributed by atoms with Crippen molar-refractivity contribution in [2.45, 2.75) is 32.2 Å². The summed E-state index contributed by atoms with van der Waals surface area (Å²) >= 11 is 0. The maximum absolute atomic E-state index is 9.75. The molecule has 2 N–H and O–H groups in total. The Bertz CT molecular complexity index is 321. The van der Waals surface area contributed by atoms with Crippen molar-refractivity contribution in [1.29, 1.82) is 0 Å². The third-order valence-corrected chi connectivity index (χ3v) is 2.87. The van der Waals surface area contributed by atoms with Gasteiger partial charge in [-0.2, -0.15) is 0 Å². The third kappa shape index (κ3) is 2.86. The minimum atomic E-state index is 0. The molecule has 84 valence electrons. The van der Waals surface area contributed by atoms with E-state index >= 15 is 0 Å². The maximum atomic E-state index is 9.75. The molecule has 1 atom stereocenters. The van der Waals surface area contributed by atoms with Gasteiger partial charge in [0.1, 0.15) is 5.75 Å². The lowest BCUT2D eigenvalue weighted by atomic mass is 9.95. The zero-order valence-corrected chi connectivity index (χ0v) is 9.81. The summed E-state index contributed by atoms with van der Waals surface area (Å²) in [7, 11) is 0. The highest BCUT2D eigenvalue weighted by Gasteiger charge is 2.17. The number of hydrogen-bond acceptors (Lipinski definition) is 2. The number of halogens is 1. The van der Waals surface area contributed by atoms with E-state index in [4.69, 9.17) is 0 Å². The summed E-state index contributed by atoms with van der Waals surface area (Å²) < 4.78 is 0. The Morgan fingerprint density at radius 3 is 2.80 bits per heavy atom. The van der Waals surface area contributed by atoms with Crippen LogP contribution in [0.3, 0.4) is 0 Å². The zero-order valence-electron chi connectivity index (χ0n) is 8.99. The molecule has 0 saturated carbocycles. The van der Waals surface area contributed by atoms with Crippen molar-refractivity contribution in [2.24, 2.45) is 0 Å². The van der Waals surface area contributed by atoms with E-state index in [9.17, 15) is 5.11 Å². The molecule has 3 heteroatoms. The summed E-state index contributed by atoms with van der Waals surface area (Å²) in [5.74, 6) is 0.426. The lowest BCUT2D eigenvalue weighted by Gasteiger charge is -2.24. The van der Waals surface area contributed by atoms with Gasteiger partial charge in [-0.15, -0.1) is 12.4 Å². The number of hydrogen-bond donors (Lipinski definition) is 2. The van der Waals surface area contributed by atoms with Crippen LogP contribution in [0.1, 0.15) is 36.4 Å². The molecule has 15 heavy (non-hydrogen) atoms. The lowest BCUT2D eigenvalue weighted by molar-refractivity contribution is 0.391. The standard InChI is InChI=1S/C12H17NO.ClH/c1-9-5-6-12(14)10(8-9)11-4-2-3-7-13-11;/h5-6,8,11,13-14H,2-4,7H2,1H3;1H/t11-;/m0./s1. The van der Waals surface area contributed by atoms with Gasteiger partial charge in [0.05, 0.1) is 0 Å². The second kappa shape index (κ2) is 5.38. The first-order chi connectivity index (χ1) is 6.77. The SMILES string of the molecule is Cc1ccc(O)c([C@@H]2CCCCN2)c1.Cl. The molecule has 1 saturated heterocycles. The van der Waals surface area contributed by atoms with Crippen molar-refractivity contribution in [3.63, 3.8) is 0 Å². The second-order valence-electron chi connectivity index (χ2n) is 4.06. The number of nitrogens with one attached hydrogen (secondary N) is 1. The van der Waals surface area contributed by atoms with Gasteiger partial charge in [0.25, 0.3) is 0 Å². The van der Waals surface area contributed by atoms with Crippen molar-refractivity contribution in [3.8, 4) is 5.75 Å². The van der Waals surface area contributed by atoms with Gasteiger partial charge < -0.3 is 10.4 Å². The molecule has 0 bridgehead atoms. The van der Waals surface area contributed by atoms with Gasteiger partial charge >= 0.3 is 0 Å². The Labute approximate surface area is 97.1 Å². The van der Waals surface area contributed by atoms with Crippen molar-refractivity contribution in [2.75, 3.05) is 6.54 Å². The van der Waals surface area contributed by atoms with Gasteiger partial charge in [0.2, 0.25) is 0 Å². The summed E-state index contributed by atoms with van der Waals surface area (Å²) in [6, 6.07) is 6.17. The summed E-state index contributed by atoms with van der Waals surface area (Å²) in [4.78, 5) is 0. The molecule has 2 nitrogen and oxygen atoms in total. The molecule has 1 aromatic carbocycles. The zero-order chi connectivity index (χ0) is 9.97. The van der Waals surface area contributed by atoms with Gasteiger partial charge in [0.15, 0.2) is 0 Å². The van der Waals surface area contributed by atoms with Crippen LogP contribution in [0.15, 0.2) is 18.2 Å². The molecule has 0 unspecified atom stereocenters. The van der Waals surface area contributed by atoms with Crippen molar-refractivity contribution in [1.82, 2.24) is 5.32 Å². The Morgan fingerprint density at radius 1 is 1.33 bits per heavy atom. The van der Waals surface area contributed by atoms with E-state index < -0.39 is 0 Å². The summed E-state index contributed by atoms with van der Waals surface area (Å²) in [6.07, 6.45) is 3.64. The monoisotopic (exact) mass is 227 g/mol. The fourth-order valence-electron chi connectivity index (χ4n) is 2.07. The van der Waals surface area contributed by atoms with E-state index in [2.05, 4.69) is 18.3 Å². The quantitative estimate of drug-likeness (QED) is 0.773. The topological polar surface area (TPSA) is 32.3 Å². The molecule has 1 aliphatic rings. The van der Waals surface area contributed by atoms with Crippen LogP contribution in [0, 0.1) is 6.92 Å². The van der Waals surface area contributed by atoms with E-state index in [0.717, 1.165) is 18.5 Å². The van der Waals surface area contributed by atoms with Gasteiger partial charge in [-0.1, -0.05) is 24.1 Å². The van der Waals surface area contributed by atoms with E-state index in [1.165, 1.54) is 18.4 Å². The third-order valence-electron chi connectivity index (χ3n) is 2.87. The summed E-state index contributed by atoms with van der Waals surface area (Å²) in [6.45, 7) is 3.13. The molecule has 1 heterocycles. The molecule has 0 aromatic heterocycles. The number of phenolic OH excluding ortho intramolecular Hbond substituents is 1. The Kier molecular flexibility index (Phi) is 4.43. The van der Waals surface area contributed by atoms with E-state index in [-0.39, 0.29) is 12.4 Å². The molecule has 1 fully saturated rings. The predicted octanol–water partition coefficient (Wildman–Crippen LogP) is 2.94. The fraction of sp³-hybridized carbons (Fsp3) is 0.500. The number of rotatable bonds is 1. The molecule has 1 aliphatic heterocycles. The predicted molar refractivity (Wildman–Crippen MR) is 64.7 cm³/mol. The fourth-order valence-corrected chi connectivity index (χ4v) is 2.07. The Morgan fingerprint density at radius 2 is 2.13 bits per heavy atom. The Hall–Kier alpha value is -0.730. The number of benzene rings is 1. The van der Waals surface area contributed by atoms with Crippen LogP contribution in [0.2, 0.25) is 0 Å². The van der Waals surface area contributed by atoms with E-state index in [0.29, 0.717) is 11.8 Å². The van der Waals surface area contributed by atoms with Crippen LogP contribution in [0.5, 0.6) is 5.75 Å².